The highest BCUT2D eigenvalue weighted by Gasteiger charge is 2.42. The molecule has 0 radical (unpaired) electrons. The third-order valence-electron chi connectivity index (χ3n) is 5.27. The molecule has 4 heteroatoms. The molecule has 0 heterocycles. The summed E-state index contributed by atoms with van der Waals surface area (Å²) in [6.45, 7) is 4.56. The zero-order valence-corrected chi connectivity index (χ0v) is 14.9. The first kappa shape index (κ1) is 17.3. The molecule has 2 fully saturated rings. The number of hydrogen-bond donors (Lipinski definition) is 1. The van der Waals surface area contributed by atoms with Gasteiger partial charge in [-0.15, -0.1) is 0 Å². The van der Waals surface area contributed by atoms with Crippen LogP contribution >= 0.6 is 0 Å². The van der Waals surface area contributed by atoms with E-state index in [4.69, 9.17) is 9.47 Å². The maximum Gasteiger partial charge on any atom is 0.256 e. The average Bonchev–Trinajstić information content (AvgIpc) is 3.23. The summed E-state index contributed by atoms with van der Waals surface area (Å²) in [4.78, 5) is 12.7. The van der Waals surface area contributed by atoms with E-state index in [1.807, 2.05) is 32.0 Å². The topological polar surface area (TPSA) is 47.6 Å². The molecule has 0 aliphatic heterocycles. The molecule has 0 bridgehead atoms. The van der Waals surface area contributed by atoms with Gasteiger partial charge >= 0.3 is 0 Å². The second-order valence-corrected chi connectivity index (χ2v) is 7.09. The van der Waals surface area contributed by atoms with Gasteiger partial charge in [0.15, 0.2) is 0 Å². The minimum atomic E-state index is -0.637. The molecule has 0 unspecified atom stereocenters. The van der Waals surface area contributed by atoms with Gasteiger partial charge in [-0.1, -0.05) is 0 Å². The van der Waals surface area contributed by atoms with Crippen LogP contribution in [0.3, 0.4) is 0 Å². The van der Waals surface area contributed by atoms with Crippen molar-refractivity contribution in [2.24, 2.45) is 0 Å². The summed E-state index contributed by atoms with van der Waals surface area (Å²) in [6, 6.07) is 5.91. The van der Waals surface area contributed by atoms with Gasteiger partial charge in [-0.2, -0.15) is 0 Å². The molecule has 1 aromatic rings. The number of carbonyl (C=O) groups excluding carboxylic acids is 1. The lowest BCUT2D eigenvalue weighted by Gasteiger charge is -2.27. The van der Waals surface area contributed by atoms with Crippen LogP contribution < -0.4 is 10.1 Å². The van der Waals surface area contributed by atoms with Crippen molar-refractivity contribution in [1.29, 1.82) is 0 Å². The monoisotopic (exact) mass is 331 g/mol. The van der Waals surface area contributed by atoms with Crippen molar-refractivity contribution in [1.82, 2.24) is 0 Å². The van der Waals surface area contributed by atoms with Crippen LogP contribution in [0.15, 0.2) is 18.2 Å². The quantitative estimate of drug-likeness (QED) is 0.828. The number of carbonyl (C=O) groups is 1. The Morgan fingerprint density at radius 3 is 2.54 bits per heavy atom. The number of amides is 1. The van der Waals surface area contributed by atoms with Gasteiger partial charge in [0.1, 0.15) is 11.4 Å². The van der Waals surface area contributed by atoms with E-state index in [-0.39, 0.29) is 5.91 Å². The minimum absolute atomic E-state index is 0.00860. The van der Waals surface area contributed by atoms with Crippen molar-refractivity contribution in [2.75, 3.05) is 11.9 Å². The van der Waals surface area contributed by atoms with E-state index in [1.165, 1.54) is 12.8 Å². The molecule has 1 aromatic carbocycles. The maximum absolute atomic E-state index is 12.7. The molecule has 3 rings (SSSR count). The molecule has 2 aliphatic carbocycles. The summed E-state index contributed by atoms with van der Waals surface area (Å²) < 4.78 is 11.9. The summed E-state index contributed by atoms with van der Waals surface area (Å²) in [7, 11) is 0. The van der Waals surface area contributed by atoms with Gasteiger partial charge in [-0.25, -0.2) is 0 Å². The van der Waals surface area contributed by atoms with Crippen molar-refractivity contribution in [3.63, 3.8) is 0 Å². The lowest BCUT2D eigenvalue weighted by atomic mass is 10.0. The Hall–Kier alpha value is -1.55. The van der Waals surface area contributed by atoms with Gasteiger partial charge in [-0.3, -0.25) is 4.79 Å². The van der Waals surface area contributed by atoms with Crippen molar-refractivity contribution in [2.45, 2.75) is 76.9 Å². The minimum Gasteiger partial charge on any atom is -0.490 e. The number of aryl methyl sites for hydroxylation is 1. The molecule has 2 aliphatic rings. The van der Waals surface area contributed by atoms with Crippen molar-refractivity contribution >= 4 is 11.6 Å². The SMILES string of the molecule is CCOC1(C(=O)Nc2ccc(OC3CCCC3)c(C)c2)CCCC1. The van der Waals surface area contributed by atoms with Crippen LogP contribution in [-0.4, -0.2) is 24.2 Å². The third kappa shape index (κ3) is 3.75. The van der Waals surface area contributed by atoms with Crippen LogP contribution in [0.2, 0.25) is 0 Å². The largest absolute Gasteiger partial charge is 0.490 e. The fraction of sp³-hybridized carbons (Fsp3) is 0.650. The molecule has 0 aromatic heterocycles. The van der Waals surface area contributed by atoms with Gasteiger partial charge in [-0.05, 0) is 89.0 Å². The van der Waals surface area contributed by atoms with E-state index in [0.717, 1.165) is 55.5 Å². The Morgan fingerprint density at radius 2 is 1.92 bits per heavy atom. The smallest absolute Gasteiger partial charge is 0.256 e. The highest BCUT2D eigenvalue weighted by molar-refractivity contribution is 5.97. The Balaban J connectivity index is 1.66. The fourth-order valence-corrected chi connectivity index (χ4v) is 3.95. The normalized spacial score (nSPS) is 20.2. The molecule has 0 atom stereocenters. The highest BCUT2D eigenvalue weighted by atomic mass is 16.5. The molecule has 2 saturated carbocycles. The standard InChI is InChI=1S/C20H29NO3/c1-3-23-20(12-6-7-13-20)19(22)21-16-10-11-18(15(2)14-16)24-17-8-4-5-9-17/h10-11,14,17H,3-9,12-13H2,1-2H3,(H,21,22). The number of anilines is 1. The van der Waals surface area contributed by atoms with Crippen molar-refractivity contribution < 1.29 is 14.3 Å². The molecule has 1 N–H and O–H groups in total. The maximum atomic E-state index is 12.7. The molecule has 4 nitrogen and oxygen atoms in total. The second kappa shape index (κ2) is 7.56. The lowest BCUT2D eigenvalue weighted by molar-refractivity contribution is -0.140. The first-order valence-electron chi connectivity index (χ1n) is 9.36. The van der Waals surface area contributed by atoms with Crippen molar-refractivity contribution in [3.05, 3.63) is 23.8 Å². The average molecular weight is 331 g/mol. The molecule has 132 valence electrons. The van der Waals surface area contributed by atoms with Gasteiger partial charge in [0.25, 0.3) is 5.91 Å². The van der Waals surface area contributed by atoms with Crippen LogP contribution in [-0.2, 0) is 9.53 Å². The highest BCUT2D eigenvalue weighted by Crippen LogP contribution is 2.35. The number of hydrogen-bond acceptors (Lipinski definition) is 3. The van der Waals surface area contributed by atoms with Gasteiger partial charge in [0.05, 0.1) is 6.10 Å². The molecular weight excluding hydrogens is 302 g/mol. The zero-order chi connectivity index (χ0) is 17.0. The van der Waals surface area contributed by atoms with Gasteiger partial charge < -0.3 is 14.8 Å². The number of nitrogens with one attached hydrogen (secondary N) is 1. The van der Waals surface area contributed by atoms with E-state index < -0.39 is 5.60 Å². The van der Waals surface area contributed by atoms with E-state index in [1.54, 1.807) is 0 Å². The van der Waals surface area contributed by atoms with E-state index >= 15 is 0 Å². The fourth-order valence-electron chi connectivity index (χ4n) is 3.95. The first-order chi connectivity index (χ1) is 11.6. The van der Waals surface area contributed by atoms with Gasteiger partial charge in [0.2, 0.25) is 0 Å². The van der Waals surface area contributed by atoms with Crippen molar-refractivity contribution in [3.8, 4) is 5.75 Å². The van der Waals surface area contributed by atoms with E-state index in [0.29, 0.717) is 12.7 Å². The molecule has 0 saturated heterocycles. The summed E-state index contributed by atoms with van der Waals surface area (Å²) in [6.07, 6.45) is 8.91. The summed E-state index contributed by atoms with van der Waals surface area (Å²) >= 11 is 0. The first-order valence-corrected chi connectivity index (χ1v) is 9.36. The second-order valence-electron chi connectivity index (χ2n) is 7.09. The van der Waals surface area contributed by atoms with E-state index in [2.05, 4.69) is 5.32 Å². The lowest BCUT2D eigenvalue weighted by Crippen LogP contribution is -2.43. The Labute approximate surface area is 144 Å². The Morgan fingerprint density at radius 1 is 1.21 bits per heavy atom. The predicted octanol–water partition coefficient (Wildman–Crippen LogP) is 4.60. The number of benzene rings is 1. The summed E-state index contributed by atoms with van der Waals surface area (Å²) in [5.41, 5.74) is 1.25. The van der Waals surface area contributed by atoms with Crippen LogP contribution in [0.1, 0.15) is 63.9 Å². The summed E-state index contributed by atoms with van der Waals surface area (Å²) in [5, 5.41) is 3.05. The molecule has 1 amide bonds. The molecular formula is C20H29NO3. The number of rotatable bonds is 6. The zero-order valence-electron chi connectivity index (χ0n) is 14.9. The predicted molar refractivity (Wildman–Crippen MR) is 95.5 cm³/mol. The molecule has 0 spiro atoms. The Bertz CT molecular complexity index is 572. The summed E-state index contributed by atoms with van der Waals surface area (Å²) in [5.74, 6) is 0.922. The Kier molecular flexibility index (Phi) is 5.44. The molecule has 24 heavy (non-hydrogen) atoms. The van der Waals surface area contributed by atoms with Crippen LogP contribution in [0.5, 0.6) is 5.75 Å². The van der Waals surface area contributed by atoms with Gasteiger partial charge in [0, 0.05) is 12.3 Å². The number of ether oxygens (including phenoxy) is 2. The van der Waals surface area contributed by atoms with Crippen LogP contribution in [0, 0.1) is 6.92 Å². The van der Waals surface area contributed by atoms with E-state index in [9.17, 15) is 4.79 Å². The van der Waals surface area contributed by atoms with Crippen LogP contribution in [0.25, 0.3) is 0 Å². The van der Waals surface area contributed by atoms with Crippen LogP contribution in [0.4, 0.5) is 5.69 Å². The third-order valence-corrected chi connectivity index (χ3v) is 5.27.